The summed E-state index contributed by atoms with van der Waals surface area (Å²) in [6.07, 6.45) is 0.998. The topological polar surface area (TPSA) is 66.8 Å². The van der Waals surface area contributed by atoms with Crippen LogP contribution in [-0.4, -0.2) is 41.6 Å². The van der Waals surface area contributed by atoms with Gasteiger partial charge in [-0.05, 0) is 29.9 Å². The Kier molecular flexibility index (Phi) is 5.64. The summed E-state index contributed by atoms with van der Waals surface area (Å²) in [5, 5.41) is 9.15. The third-order valence-electron chi connectivity index (χ3n) is 4.70. The molecule has 1 aliphatic heterocycles. The Bertz CT molecular complexity index is 572. The van der Waals surface area contributed by atoms with Crippen molar-refractivity contribution in [2.75, 3.05) is 19.7 Å². The summed E-state index contributed by atoms with van der Waals surface area (Å²) in [6.45, 7) is 6.81. The first-order valence-electron chi connectivity index (χ1n) is 8.16. The largest absolute Gasteiger partial charge is 0.483 e. The van der Waals surface area contributed by atoms with Gasteiger partial charge in [0.05, 0.1) is 5.92 Å². The lowest BCUT2D eigenvalue weighted by molar-refractivity contribution is -0.142. The van der Waals surface area contributed by atoms with Crippen LogP contribution >= 0.6 is 0 Å². The highest BCUT2D eigenvalue weighted by Gasteiger charge is 2.36. The molecule has 1 saturated heterocycles. The Balaban J connectivity index is 1.97. The monoisotopic (exact) mass is 319 g/mol. The van der Waals surface area contributed by atoms with Crippen LogP contribution in [0.4, 0.5) is 0 Å². The van der Waals surface area contributed by atoms with Crippen molar-refractivity contribution in [3.05, 3.63) is 29.8 Å². The zero-order valence-corrected chi connectivity index (χ0v) is 14.0. The first kappa shape index (κ1) is 17.3. The molecule has 0 aliphatic carbocycles. The van der Waals surface area contributed by atoms with E-state index in [9.17, 15) is 9.59 Å². The highest BCUT2D eigenvalue weighted by atomic mass is 16.5. The molecular formula is C18H25NO4. The van der Waals surface area contributed by atoms with Crippen LogP contribution < -0.4 is 4.74 Å². The minimum Gasteiger partial charge on any atom is -0.483 e. The molecule has 1 amide bonds. The Labute approximate surface area is 137 Å². The van der Waals surface area contributed by atoms with E-state index in [0.717, 1.165) is 17.7 Å². The van der Waals surface area contributed by atoms with Crippen LogP contribution in [-0.2, 0) is 9.59 Å². The Morgan fingerprint density at radius 3 is 2.65 bits per heavy atom. The first-order valence-corrected chi connectivity index (χ1v) is 8.16. The number of likely N-dealkylation sites (tertiary alicyclic amines) is 1. The summed E-state index contributed by atoms with van der Waals surface area (Å²) in [7, 11) is 0. The number of hydrogen-bond acceptors (Lipinski definition) is 3. The van der Waals surface area contributed by atoms with Gasteiger partial charge in [0, 0.05) is 13.1 Å². The van der Waals surface area contributed by atoms with Crippen LogP contribution in [0.5, 0.6) is 5.75 Å². The van der Waals surface area contributed by atoms with Crippen LogP contribution in [0.15, 0.2) is 24.3 Å². The number of aliphatic carboxylic acids is 1. The van der Waals surface area contributed by atoms with Gasteiger partial charge < -0.3 is 14.7 Å². The molecule has 126 valence electrons. The van der Waals surface area contributed by atoms with Gasteiger partial charge in [0.1, 0.15) is 5.75 Å². The number of carboxylic acids is 1. The number of nitrogens with zero attached hydrogens (tertiary/aromatic N) is 1. The molecule has 1 aliphatic rings. The fourth-order valence-corrected chi connectivity index (χ4v) is 2.96. The smallest absolute Gasteiger partial charge is 0.308 e. The molecule has 3 atom stereocenters. The van der Waals surface area contributed by atoms with Crippen molar-refractivity contribution >= 4 is 11.9 Å². The zero-order chi connectivity index (χ0) is 17.0. The van der Waals surface area contributed by atoms with Gasteiger partial charge in [-0.25, -0.2) is 0 Å². The molecule has 1 unspecified atom stereocenters. The van der Waals surface area contributed by atoms with E-state index in [0.29, 0.717) is 12.5 Å². The van der Waals surface area contributed by atoms with Crippen molar-refractivity contribution in [3.63, 3.8) is 0 Å². The van der Waals surface area contributed by atoms with E-state index in [4.69, 9.17) is 9.84 Å². The number of para-hydroxylation sites is 1. The number of carbonyl (C=O) groups excluding carboxylic acids is 1. The zero-order valence-electron chi connectivity index (χ0n) is 14.0. The number of carboxylic acid groups (broad SMARTS) is 1. The Morgan fingerprint density at radius 2 is 2.04 bits per heavy atom. The average molecular weight is 319 g/mol. The molecule has 0 saturated carbocycles. The molecule has 0 spiro atoms. The van der Waals surface area contributed by atoms with Crippen LogP contribution in [0.25, 0.3) is 0 Å². The summed E-state index contributed by atoms with van der Waals surface area (Å²) in [6, 6.07) is 7.76. The summed E-state index contributed by atoms with van der Waals surface area (Å²) in [4.78, 5) is 25.0. The van der Waals surface area contributed by atoms with Crippen molar-refractivity contribution in [3.8, 4) is 5.75 Å². The summed E-state index contributed by atoms with van der Waals surface area (Å²) in [5.74, 6) is -0.396. The van der Waals surface area contributed by atoms with Crippen molar-refractivity contribution in [1.82, 2.24) is 4.90 Å². The lowest BCUT2D eigenvalue weighted by atomic mass is 9.98. The summed E-state index contributed by atoms with van der Waals surface area (Å²) < 4.78 is 5.73. The van der Waals surface area contributed by atoms with Crippen LogP contribution in [0, 0.1) is 11.8 Å². The normalized spacial score (nSPS) is 22.0. The number of amides is 1. The molecule has 23 heavy (non-hydrogen) atoms. The average Bonchev–Trinajstić information content (AvgIpc) is 2.94. The molecule has 0 bridgehead atoms. The van der Waals surface area contributed by atoms with Crippen molar-refractivity contribution in [1.29, 1.82) is 0 Å². The van der Waals surface area contributed by atoms with Crippen LogP contribution in [0.3, 0.4) is 0 Å². The number of carbonyl (C=O) groups is 2. The number of rotatable bonds is 6. The molecule has 5 heteroatoms. The number of benzene rings is 1. The van der Waals surface area contributed by atoms with E-state index in [1.165, 1.54) is 0 Å². The Hall–Kier alpha value is -2.04. The molecule has 2 rings (SSSR count). The fraction of sp³-hybridized carbons (Fsp3) is 0.556. The van der Waals surface area contributed by atoms with Gasteiger partial charge in [0.15, 0.2) is 6.61 Å². The van der Waals surface area contributed by atoms with Gasteiger partial charge in [-0.3, -0.25) is 9.59 Å². The van der Waals surface area contributed by atoms with Gasteiger partial charge in [-0.1, -0.05) is 39.0 Å². The van der Waals surface area contributed by atoms with E-state index in [2.05, 4.69) is 13.8 Å². The molecule has 1 heterocycles. The molecule has 1 fully saturated rings. The van der Waals surface area contributed by atoms with Crippen molar-refractivity contribution in [2.24, 2.45) is 11.8 Å². The van der Waals surface area contributed by atoms with Gasteiger partial charge in [0.2, 0.25) is 0 Å². The molecule has 5 nitrogen and oxygen atoms in total. The van der Waals surface area contributed by atoms with Crippen LogP contribution in [0.2, 0.25) is 0 Å². The minimum absolute atomic E-state index is 0.0242. The Morgan fingerprint density at radius 1 is 1.35 bits per heavy atom. The molecule has 1 N–H and O–H groups in total. The standard InChI is InChI=1S/C18H25NO4/c1-4-12(2)14-7-5-6-8-16(14)23-11-17(20)19-9-13(3)15(10-19)18(21)22/h5-8,12-13,15H,4,9-11H2,1-3H3,(H,21,22)/t12?,13-,15-/m1/s1. The predicted octanol–water partition coefficient (Wildman–Crippen LogP) is 2.76. The minimum atomic E-state index is -0.837. The van der Waals surface area contributed by atoms with E-state index in [1.807, 2.05) is 31.2 Å². The number of hydrogen-bond donors (Lipinski definition) is 1. The van der Waals surface area contributed by atoms with Gasteiger partial charge in [-0.2, -0.15) is 0 Å². The fourth-order valence-electron chi connectivity index (χ4n) is 2.96. The van der Waals surface area contributed by atoms with E-state index in [1.54, 1.807) is 4.90 Å². The summed E-state index contributed by atoms with van der Waals surface area (Å²) >= 11 is 0. The lowest BCUT2D eigenvalue weighted by Gasteiger charge is -2.19. The highest BCUT2D eigenvalue weighted by molar-refractivity contribution is 5.80. The second kappa shape index (κ2) is 7.49. The quantitative estimate of drug-likeness (QED) is 0.875. The molecule has 0 aromatic heterocycles. The molecular weight excluding hydrogens is 294 g/mol. The van der Waals surface area contributed by atoms with Gasteiger partial charge >= 0.3 is 5.97 Å². The van der Waals surface area contributed by atoms with Gasteiger partial charge in [0.25, 0.3) is 5.91 Å². The van der Waals surface area contributed by atoms with E-state index < -0.39 is 11.9 Å². The van der Waals surface area contributed by atoms with Gasteiger partial charge in [-0.15, -0.1) is 0 Å². The van der Waals surface area contributed by atoms with E-state index in [-0.39, 0.29) is 25.0 Å². The maximum atomic E-state index is 12.3. The predicted molar refractivity (Wildman–Crippen MR) is 87.5 cm³/mol. The van der Waals surface area contributed by atoms with Crippen molar-refractivity contribution < 1.29 is 19.4 Å². The molecule has 0 radical (unpaired) electrons. The highest BCUT2D eigenvalue weighted by Crippen LogP contribution is 2.29. The first-order chi connectivity index (χ1) is 10.9. The third-order valence-corrected chi connectivity index (χ3v) is 4.70. The third kappa shape index (κ3) is 4.03. The number of ether oxygens (including phenoxy) is 1. The van der Waals surface area contributed by atoms with Crippen LogP contribution in [0.1, 0.15) is 38.7 Å². The second-order valence-electron chi connectivity index (χ2n) is 6.36. The SMILES string of the molecule is CCC(C)c1ccccc1OCC(=O)N1C[C@@H](C)[C@H](C(=O)O)C1. The maximum absolute atomic E-state index is 12.3. The molecule has 1 aromatic rings. The van der Waals surface area contributed by atoms with Crippen molar-refractivity contribution in [2.45, 2.75) is 33.1 Å². The molecule has 1 aromatic carbocycles. The van der Waals surface area contributed by atoms with E-state index >= 15 is 0 Å². The second-order valence-corrected chi connectivity index (χ2v) is 6.36. The summed E-state index contributed by atoms with van der Waals surface area (Å²) in [5.41, 5.74) is 1.10. The maximum Gasteiger partial charge on any atom is 0.308 e. The lowest BCUT2D eigenvalue weighted by Crippen LogP contribution is -2.34.